The van der Waals surface area contributed by atoms with Gasteiger partial charge in [0, 0.05) is 12.5 Å². The highest BCUT2D eigenvalue weighted by Gasteiger charge is 2.10. The number of hydrogen-bond donors (Lipinski definition) is 2. The average Bonchev–Trinajstić information content (AvgIpc) is 2.24. The molecule has 1 atom stereocenters. The summed E-state index contributed by atoms with van der Waals surface area (Å²) in [6, 6.07) is 3.35. The summed E-state index contributed by atoms with van der Waals surface area (Å²) in [6.45, 7) is 3.45. The molecule has 17 heavy (non-hydrogen) atoms. The highest BCUT2D eigenvalue weighted by molar-refractivity contribution is 5.73. The summed E-state index contributed by atoms with van der Waals surface area (Å²) in [5, 5.41) is 0. The Hall–Kier alpha value is -1.42. The highest BCUT2D eigenvalue weighted by Crippen LogP contribution is 2.22. The predicted molar refractivity (Wildman–Crippen MR) is 65.8 cm³/mol. The van der Waals surface area contributed by atoms with Crippen LogP contribution in [0.15, 0.2) is 12.1 Å². The maximum absolute atomic E-state index is 13.4. The van der Waals surface area contributed by atoms with Crippen molar-refractivity contribution in [2.24, 2.45) is 11.5 Å². The Morgan fingerprint density at radius 1 is 1.35 bits per heavy atom. The summed E-state index contributed by atoms with van der Waals surface area (Å²) in [5.41, 5.74) is 13.2. The molecule has 4 heteroatoms. The minimum absolute atomic E-state index is 0.174. The number of amides is 1. The van der Waals surface area contributed by atoms with Crippen molar-refractivity contribution in [3.8, 4) is 0 Å². The molecule has 1 amide bonds. The van der Waals surface area contributed by atoms with Crippen molar-refractivity contribution in [2.45, 2.75) is 39.2 Å². The molecule has 0 fully saturated rings. The standard InChI is InChI=1S/C13H19FN2O/c1-8-6-10(7-9(2)13(8)14)11(15)4-3-5-12(16)17/h6-7,11H,3-5,15H2,1-2H3,(H2,16,17). The van der Waals surface area contributed by atoms with Gasteiger partial charge in [0.1, 0.15) is 5.82 Å². The summed E-state index contributed by atoms with van der Waals surface area (Å²) in [7, 11) is 0. The Labute approximate surface area is 101 Å². The molecule has 0 aromatic heterocycles. The number of carbonyl (C=O) groups excluding carboxylic acids is 1. The van der Waals surface area contributed by atoms with Crippen LogP contribution in [-0.2, 0) is 4.79 Å². The summed E-state index contributed by atoms with van der Waals surface area (Å²) < 4.78 is 13.4. The van der Waals surface area contributed by atoms with Gasteiger partial charge in [-0.3, -0.25) is 4.79 Å². The monoisotopic (exact) mass is 238 g/mol. The molecule has 4 N–H and O–H groups in total. The molecule has 0 heterocycles. The van der Waals surface area contributed by atoms with Gasteiger partial charge in [0.15, 0.2) is 0 Å². The fourth-order valence-corrected chi connectivity index (χ4v) is 1.86. The van der Waals surface area contributed by atoms with Gasteiger partial charge < -0.3 is 11.5 Å². The zero-order valence-electron chi connectivity index (χ0n) is 10.3. The summed E-state index contributed by atoms with van der Waals surface area (Å²) in [6.07, 6.45) is 1.67. The quantitative estimate of drug-likeness (QED) is 0.824. The van der Waals surface area contributed by atoms with Gasteiger partial charge in [0.25, 0.3) is 0 Å². The average molecular weight is 238 g/mol. The molecule has 0 saturated heterocycles. The molecule has 3 nitrogen and oxygen atoms in total. The lowest BCUT2D eigenvalue weighted by Gasteiger charge is -2.14. The number of halogens is 1. The number of primary amides is 1. The molecular weight excluding hydrogens is 219 g/mol. The van der Waals surface area contributed by atoms with Crippen LogP contribution in [0.2, 0.25) is 0 Å². The van der Waals surface area contributed by atoms with Crippen molar-refractivity contribution in [1.82, 2.24) is 0 Å². The molecular formula is C13H19FN2O. The normalized spacial score (nSPS) is 12.5. The number of benzene rings is 1. The number of hydrogen-bond acceptors (Lipinski definition) is 2. The Kier molecular flexibility index (Phi) is 4.63. The summed E-state index contributed by atoms with van der Waals surface area (Å²) >= 11 is 0. The highest BCUT2D eigenvalue weighted by atomic mass is 19.1. The van der Waals surface area contributed by atoms with Gasteiger partial charge >= 0.3 is 0 Å². The third-order valence-electron chi connectivity index (χ3n) is 2.83. The van der Waals surface area contributed by atoms with E-state index in [9.17, 15) is 9.18 Å². The topological polar surface area (TPSA) is 69.1 Å². The van der Waals surface area contributed by atoms with Crippen molar-refractivity contribution in [3.63, 3.8) is 0 Å². The number of rotatable bonds is 5. The third kappa shape index (κ3) is 3.82. The van der Waals surface area contributed by atoms with E-state index in [0.717, 1.165) is 5.56 Å². The minimum Gasteiger partial charge on any atom is -0.370 e. The van der Waals surface area contributed by atoms with Crippen LogP contribution >= 0.6 is 0 Å². The van der Waals surface area contributed by atoms with Gasteiger partial charge in [-0.2, -0.15) is 0 Å². The van der Waals surface area contributed by atoms with Gasteiger partial charge in [-0.25, -0.2) is 4.39 Å². The SMILES string of the molecule is Cc1cc(C(N)CCCC(N)=O)cc(C)c1F. The smallest absolute Gasteiger partial charge is 0.217 e. The van der Waals surface area contributed by atoms with Crippen LogP contribution in [0.3, 0.4) is 0 Å². The Morgan fingerprint density at radius 3 is 2.35 bits per heavy atom. The van der Waals surface area contributed by atoms with Crippen molar-refractivity contribution in [1.29, 1.82) is 0 Å². The van der Waals surface area contributed by atoms with Crippen LogP contribution in [0.4, 0.5) is 4.39 Å². The predicted octanol–water partition coefficient (Wildman–Crippen LogP) is 2.10. The van der Waals surface area contributed by atoms with E-state index in [4.69, 9.17) is 11.5 Å². The van der Waals surface area contributed by atoms with Crippen LogP contribution in [0, 0.1) is 19.7 Å². The second-order valence-corrected chi connectivity index (χ2v) is 4.43. The van der Waals surface area contributed by atoms with Crippen molar-refractivity contribution < 1.29 is 9.18 Å². The van der Waals surface area contributed by atoms with Crippen LogP contribution in [-0.4, -0.2) is 5.91 Å². The molecule has 0 saturated carbocycles. The molecule has 1 rings (SSSR count). The van der Waals surface area contributed by atoms with E-state index in [1.807, 2.05) is 0 Å². The van der Waals surface area contributed by atoms with Crippen LogP contribution < -0.4 is 11.5 Å². The third-order valence-corrected chi connectivity index (χ3v) is 2.83. The Morgan fingerprint density at radius 2 is 1.88 bits per heavy atom. The van der Waals surface area contributed by atoms with Crippen molar-refractivity contribution in [2.75, 3.05) is 0 Å². The van der Waals surface area contributed by atoms with Gasteiger partial charge in [-0.05, 0) is 43.4 Å². The number of carbonyl (C=O) groups is 1. The second kappa shape index (κ2) is 5.77. The molecule has 0 radical (unpaired) electrons. The molecule has 0 aliphatic rings. The number of aryl methyl sites for hydroxylation is 2. The lowest BCUT2D eigenvalue weighted by molar-refractivity contribution is -0.118. The molecule has 1 aromatic carbocycles. The maximum Gasteiger partial charge on any atom is 0.217 e. The summed E-state index contributed by atoms with van der Waals surface area (Å²) in [5.74, 6) is -0.498. The fraction of sp³-hybridized carbons (Fsp3) is 0.462. The molecule has 1 aromatic rings. The zero-order valence-corrected chi connectivity index (χ0v) is 10.3. The first-order chi connectivity index (χ1) is 7.91. The zero-order chi connectivity index (χ0) is 13.0. The molecule has 94 valence electrons. The van der Waals surface area contributed by atoms with Gasteiger partial charge in [0.2, 0.25) is 5.91 Å². The van der Waals surface area contributed by atoms with E-state index in [1.54, 1.807) is 26.0 Å². The molecule has 0 spiro atoms. The first kappa shape index (κ1) is 13.6. The molecule has 1 unspecified atom stereocenters. The van der Waals surface area contributed by atoms with E-state index in [1.165, 1.54) is 0 Å². The van der Waals surface area contributed by atoms with Crippen LogP contribution in [0.25, 0.3) is 0 Å². The van der Waals surface area contributed by atoms with Crippen LogP contribution in [0.1, 0.15) is 42.0 Å². The van der Waals surface area contributed by atoms with Gasteiger partial charge in [-0.1, -0.05) is 12.1 Å². The second-order valence-electron chi connectivity index (χ2n) is 4.43. The molecule has 0 bridgehead atoms. The lowest BCUT2D eigenvalue weighted by Crippen LogP contribution is -2.14. The molecule has 0 aliphatic carbocycles. The van der Waals surface area contributed by atoms with E-state index in [0.29, 0.717) is 30.4 Å². The first-order valence-corrected chi connectivity index (χ1v) is 5.72. The van der Waals surface area contributed by atoms with Gasteiger partial charge in [0.05, 0.1) is 0 Å². The first-order valence-electron chi connectivity index (χ1n) is 5.72. The van der Waals surface area contributed by atoms with E-state index in [-0.39, 0.29) is 17.8 Å². The lowest BCUT2D eigenvalue weighted by atomic mass is 9.97. The van der Waals surface area contributed by atoms with E-state index in [2.05, 4.69) is 0 Å². The van der Waals surface area contributed by atoms with Crippen molar-refractivity contribution >= 4 is 5.91 Å². The fourth-order valence-electron chi connectivity index (χ4n) is 1.86. The van der Waals surface area contributed by atoms with Gasteiger partial charge in [-0.15, -0.1) is 0 Å². The largest absolute Gasteiger partial charge is 0.370 e. The maximum atomic E-state index is 13.4. The van der Waals surface area contributed by atoms with Crippen molar-refractivity contribution in [3.05, 3.63) is 34.6 Å². The summed E-state index contributed by atoms with van der Waals surface area (Å²) in [4.78, 5) is 10.6. The van der Waals surface area contributed by atoms with E-state index < -0.39 is 0 Å². The van der Waals surface area contributed by atoms with E-state index >= 15 is 0 Å². The Balaban J connectivity index is 2.69. The minimum atomic E-state index is -0.316. The van der Waals surface area contributed by atoms with Crippen LogP contribution in [0.5, 0.6) is 0 Å². The molecule has 0 aliphatic heterocycles. The Bertz CT molecular complexity index is 395. The number of nitrogens with two attached hydrogens (primary N) is 2.